The first-order valence-corrected chi connectivity index (χ1v) is 9.92. The van der Waals surface area contributed by atoms with Crippen LogP contribution in [-0.4, -0.2) is 36.5 Å². The summed E-state index contributed by atoms with van der Waals surface area (Å²) < 4.78 is 38.7. The average molecular weight is 417 g/mol. The minimum Gasteiger partial charge on any atom is -0.354 e. The molecule has 2 aromatic carbocycles. The average Bonchev–Trinajstić information content (AvgIpc) is 2.98. The quantitative estimate of drug-likeness (QED) is 0.767. The van der Waals surface area contributed by atoms with E-state index in [9.17, 15) is 22.8 Å². The van der Waals surface area contributed by atoms with E-state index in [1.54, 1.807) is 12.1 Å². The zero-order chi connectivity index (χ0) is 21.5. The Hall–Kier alpha value is -3.03. The number of rotatable bonds is 2. The summed E-state index contributed by atoms with van der Waals surface area (Å²) in [5, 5.41) is 2.52. The summed E-state index contributed by atoms with van der Waals surface area (Å²) >= 11 is 0. The molecule has 2 aliphatic heterocycles. The predicted octanol–water partition coefficient (Wildman–Crippen LogP) is 4.75. The second-order valence-electron chi connectivity index (χ2n) is 7.70. The van der Waals surface area contributed by atoms with Gasteiger partial charge in [0.15, 0.2) is 0 Å². The number of alkyl halides is 3. The predicted molar refractivity (Wildman–Crippen MR) is 108 cm³/mol. The van der Waals surface area contributed by atoms with Crippen molar-refractivity contribution >= 4 is 23.2 Å². The van der Waals surface area contributed by atoms with Gasteiger partial charge in [0.05, 0.1) is 16.8 Å². The van der Waals surface area contributed by atoms with Crippen molar-refractivity contribution in [3.05, 3.63) is 59.2 Å². The van der Waals surface area contributed by atoms with E-state index in [4.69, 9.17) is 0 Å². The van der Waals surface area contributed by atoms with Crippen LogP contribution in [0.15, 0.2) is 42.5 Å². The molecule has 1 unspecified atom stereocenters. The molecular formula is C22H22F3N3O2. The summed E-state index contributed by atoms with van der Waals surface area (Å²) in [7, 11) is 1.91. The van der Waals surface area contributed by atoms with E-state index in [0.29, 0.717) is 17.8 Å². The van der Waals surface area contributed by atoms with Gasteiger partial charge < -0.3 is 15.1 Å². The molecule has 0 radical (unpaired) electrons. The van der Waals surface area contributed by atoms with Gasteiger partial charge in [-0.15, -0.1) is 0 Å². The number of anilines is 2. The van der Waals surface area contributed by atoms with Crippen LogP contribution < -0.4 is 10.2 Å². The summed E-state index contributed by atoms with van der Waals surface area (Å²) in [6.45, 7) is 0.713. The lowest BCUT2D eigenvalue weighted by atomic mass is 10.0. The van der Waals surface area contributed by atoms with Crippen molar-refractivity contribution in [3.63, 3.8) is 0 Å². The Morgan fingerprint density at radius 2 is 1.90 bits per heavy atom. The largest absolute Gasteiger partial charge is 0.416 e. The highest BCUT2D eigenvalue weighted by Gasteiger charge is 2.36. The van der Waals surface area contributed by atoms with Gasteiger partial charge in [-0.3, -0.25) is 9.59 Å². The fraction of sp³-hybridized carbons (Fsp3) is 0.364. The maximum absolute atomic E-state index is 12.9. The molecule has 0 aliphatic carbocycles. The molecule has 1 atom stereocenters. The zero-order valence-corrected chi connectivity index (χ0v) is 16.5. The number of nitrogens with zero attached hydrogens (tertiary/aromatic N) is 2. The molecule has 0 aromatic heterocycles. The summed E-state index contributed by atoms with van der Waals surface area (Å²) in [5.74, 6) is -0.568. The SMILES string of the molecule is CN1c2cc(C(=O)Nc3cccc(C(F)(F)F)c3)ccc2C(=O)N2CCCCCC21. The standard InChI is InChI=1S/C22H22F3N3O2/c1-27-18-12-14(20(29)26-16-7-5-6-15(13-16)22(23,24)25)9-10-17(18)21(30)28-11-4-2-3-8-19(27)28/h5-7,9-10,12-13,19H,2-4,8,11H2,1H3,(H,26,29). The molecule has 1 N–H and O–H groups in total. The third kappa shape index (κ3) is 3.74. The van der Waals surface area contributed by atoms with Crippen molar-refractivity contribution in [1.82, 2.24) is 4.90 Å². The van der Waals surface area contributed by atoms with Gasteiger partial charge in [-0.05, 0) is 55.7 Å². The van der Waals surface area contributed by atoms with Crippen molar-refractivity contribution in [2.24, 2.45) is 0 Å². The van der Waals surface area contributed by atoms with Crippen molar-refractivity contribution in [1.29, 1.82) is 0 Å². The van der Waals surface area contributed by atoms with E-state index in [0.717, 1.165) is 37.8 Å². The summed E-state index contributed by atoms with van der Waals surface area (Å²) in [6, 6.07) is 9.30. The van der Waals surface area contributed by atoms with Crippen LogP contribution in [0.4, 0.5) is 24.5 Å². The molecule has 1 fully saturated rings. The highest BCUT2D eigenvalue weighted by atomic mass is 19.4. The van der Waals surface area contributed by atoms with E-state index in [1.165, 1.54) is 18.2 Å². The van der Waals surface area contributed by atoms with Crippen LogP contribution in [0, 0.1) is 0 Å². The lowest BCUT2D eigenvalue weighted by molar-refractivity contribution is -0.137. The molecule has 0 saturated carbocycles. The lowest BCUT2D eigenvalue weighted by Crippen LogP contribution is -2.53. The van der Waals surface area contributed by atoms with Gasteiger partial charge in [-0.25, -0.2) is 0 Å². The molecule has 158 valence electrons. The smallest absolute Gasteiger partial charge is 0.354 e. The number of carbonyl (C=O) groups excluding carboxylic acids is 2. The van der Waals surface area contributed by atoms with Gasteiger partial charge >= 0.3 is 6.18 Å². The first-order valence-electron chi connectivity index (χ1n) is 9.92. The van der Waals surface area contributed by atoms with Gasteiger partial charge in [-0.2, -0.15) is 13.2 Å². The molecule has 0 spiro atoms. The Labute approximate surface area is 172 Å². The third-order valence-electron chi connectivity index (χ3n) is 5.75. The second kappa shape index (κ2) is 7.66. The fourth-order valence-corrected chi connectivity index (χ4v) is 4.17. The van der Waals surface area contributed by atoms with E-state index in [-0.39, 0.29) is 23.3 Å². The Balaban J connectivity index is 1.60. The van der Waals surface area contributed by atoms with Crippen molar-refractivity contribution in [2.45, 2.75) is 38.0 Å². The number of halogens is 3. The number of hydrogen-bond acceptors (Lipinski definition) is 3. The first kappa shape index (κ1) is 20.3. The molecule has 2 aliphatic rings. The van der Waals surface area contributed by atoms with Crippen LogP contribution in [-0.2, 0) is 6.18 Å². The highest BCUT2D eigenvalue weighted by Crippen LogP contribution is 2.35. The molecule has 1 saturated heterocycles. The molecule has 0 bridgehead atoms. The van der Waals surface area contributed by atoms with Gasteiger partial charge in [0.25, 0.3) is 11.8 Å². The monoisotopic (exact) mass is 417 g/mol. The van der Waals surface area contributed by atoms with Gasteiger partial charge in [0.1, 0.15) is 6.17 Å². The van der Waals surface area contributed by atoms with Crippen LogP contribution in [0.5, 0.6) is 0 Å². The number of nitrogens with one attached hydrogen (secondary N) is 1. The van der Waals surface area contributed by atoms with Crippen LogP contribution in [0.2, 0.25) is 0 Å². The highest BCUT2D eigenvalue weighted by molar-refractivity contribution is 6.08. The molecule has 5 nitrogen and oxygen atoms in total. The molecule has 2 heterocycles. The maximum Gasteiger partial charge on any atom is 0.416 e. The van der Waals surface area contributed by atoms with Gasteiger partial charge in [0, 0.05) is 24.8 Å². The Morgan fingerprint density at radius 1 is 1.10 bits per heavy atom. The van der Waals surface area contributed by atoms with E-state index in [2.05, 4.69) is 5.32 Å². The second-order valence-corrected chi connectivity index (χ2v) is 7.70. The molecule has 30 heavy (non-hydrogen) atoms. The molecular weight excluding hydrogens is 395 g/mol. The normalized spacial score (nSPS) is 19.1. The van der Waals surface area contributed by atoms with Crippen molar-refractivity contribution < 1.29 is 22.8 Å². The lowest BCUT2D eigenvalue weighted by Gasteiger charge is -2.43. The first-order chi connectivity index (χ1) is 14.3. The van der Waals surface area contributed by atoms with E-state index >= 15 is 0 Å². The molecule has 2 amide bonds. The number of fused-ring (bicyclic) bond motifs is 2. The van der Waals surface area contributed by atoms with Gasteiger partial charge in [0.2, 0.25) is 0 Å². The number of benzene rings is 2. The van der Waals surface area contributed by atoms with Crippen LogP contribution >= 0.6 is 0 Å². The third-order valence-corrected chi connectivity index (χ3v) is 5.75. The maximum atomic E-state index is 12.9. The molecule has 2 aromatic rings. The van der Waals surface area contributed by atoms with Crippen LogP contribution in [0.25, 0.3) is 0 Å². The van der Waals surface area contributed by atoms with Crippen molar-refractivity contribution in [2.75, 3.05) is 23.8 Å². The summed E-state index contributed by atoms with van der Waals surface area (Å²) in [4.78, 5) is 29.5. The molecule has 4 rings (SSSR count). The Bertz CT molecular complexity index is 990. The minimum absolute atomic E-state index is 0.0418. The van der Waals surface area contributed by atoms with E-state index in [1.807, 2.05) is 16.8 Å². The summed E-state index contributed by atoms with van der Waals surface area (Å²) in [6.07, 6.45) is -0.584. The van der Waals surface area contributed by atoms with Crippen LogP contribution in [0.3, 0.4) is 0 Å². The number of hydrogen-bond donors (Lipinski definition) is 1. The Morgan fingerprint density at radius 3 is 2.67 bits per heavy atom. The zero-order valence-electron chi connectivity index (χ0n) is 16.5. The fourth-order valence-electron chi connectivity index (χ4n) is 4.17. The number of carbonyl (C=O) groups is 2. The minimum atomic E-state index is -4.49. The Kier molecular flexibility index (Phi) is 5.17. The van der Waals surface area contributed by atoms with E-state index < -0.39 is 17.6 Å². The topological polar surface area (TPSA) is 52.7 Å². The van der Waals surface area contributed by atoms with Crippen molar-refractivity contribution in [3.8, 4) is 0 Å². The van der Waals surface area contributed by atoms with Gasteiger partial charge in [-0.1, -0.05) is 12.5 Å². The molecule has 8 heteroatoms. The van der Waals surface area contributed by atoms with Crippen LogP contribution in [0.1, 0.15) is 52.0 Å². The summed E-state index contributed by atoms with van der Waals surface area (Å²) in [5.41, 5.74) is 0.718. The number of amides is 2.